The van der Waals surface area contributed by atoms with E-state index in [1.807, 2.05) is 25.1 Å². The Balaban J connectivity index is 1.34. The molecule has 2 heterocycles. The number of hydrogen-bond donors (Lipinski definition) is 0. The highest BCUT2D eigenvalue weighted by molar-refractivity contribution is 5.92. The molecule has 0 N–H and O–H groups in total. The molecule has 0 radical (unpaired) electrons. The number of carbonyl (C=O) groups excluding carboxylic acids is 2. The van der Waals surface area contributed by atoms with Crippen molar-refractivity contribution in [1.29, 1.82) is 0 Å². The molecule has 2 aliphatic heterocycles. The van der Waals surface area contributed by atoms with Crippen molar-refractivity contribution in [1.82, 2.24) is 4.90 Å². The van der Waals surface area contributed by atoms with Crippen LogP contribution in [0.15, 0.2) is 36.4 Å². The summed E-state index contributed by atoms with van der Waals surface area (Å²) < 4.78 is 27.2. The number of amides is 1. The lowest BCUT2D eigenvalue weighted by atomic mass is 10.1. The second kappa shape index (κ2) is 8.94. The predicted molar refractivity (Wildman–Crippen MR) is 106 cm³/mol. The minimum Gasteiger partial charge on any atom is -0.486 e. The van der Waals surface area contributed by atoms with Gasteiger partial charge in [0, 0.05) is 13.1 Å². The van der Waals surface area contributed by atoms with Crippen LogP contribution < -0.4 is 18.9 Å². The average molecular weight is 413 g/mol. The van der Waals surface area contributed by atoms with Crippen LogP contribution in [0.1, 0.15) is 22.8 Å². The topological polar surface area (TPSA) is 83.5 Å². The van der Waals surface area contributed by atoms with Crippen LogP contribution in [0.2, 0.25) is 0 Å². The van der Waals surface area contributed by atoms with Gasteiger partial charge in [-0.25, -0.2) is 4.79 Å². The van der Waals surface area contributed by atoms with Gasteiger partial charge < -0.3 is 28.6 Å². The van der Waals surface area contributed by atoms with Gasteiger partial charge in [-0.3, -0.25) is 4.79 Å². The minimum absolute atomic E-state index is 0.279. The molecule has 2 aliphatic rings. The molecule has 1 amide bonds. The van der Waals surface area contributed by atoms with Gasteiger partial charge in [0.25, 0.3) is 5.91 Å². The maximum atomic E-state index is 12.6. The summed E-state index contributed by atoms with van der Waals surface area (Å²) in [5.41, 5.74) is 1.22. The summed E-state index contributed by atoms with van der Waals surface area (Å²) in [5.74, 6) is 1.59. The van der Waals surface area contributed by atoms with E-state index in [4.69, 9.17) is 23.7 Å². The van der Waals surface area contributed by atoms with Gasteiger partial charge in [0.1, 0.15) is 26.4 Å². The Morgan fingerprint density at radius 1 is 0.867 bits per heavy atom. The molecule has 0 spiro atoms. The zero-order valence-electron chi connectivity index (χ0n) is 16.7. The van der Waals surface area contributed by atoms with Crippen LogP contribution in [-0.2, 0) is 16.1 Å². The van der Waals surface area contributed by atoms with E-state index in [1.165, 1.54) is 0 Å². The van der Waals surface area contributed by atoms with Crippen LogP contribution in [0.25, 0.3) is 0 Å². The molecule has 0 aliphatic carbocycles. The van der Waals surface area contributed by atoms with E-state index in [2.05, 4.69) is 0 Å². The van der Waals surface area contributed by atoms with Crippen LogP contribution in [0.5, 0.6) is 23.0 Å². The van der Waals surface area contributed by atoms with Crippen LogP contribution in [-0.4, -0.2) is 56.4 Å². The van der Waals surface area contributed by atoms with Crippen molar-refractivity contribution in [3.8, 4) is 23.0 Å². The van der Waals surface area contributed by atoms with E-state index in [9.17, 15) is 9.59 Å². The van der Waals surface area contributed by atoms with Crippen LogP contribution in [0.3, 0.4) is 0 Å². The zero-order chi connectivity index (χ0) is 20.9. The Hall–Kier alpha value is -3.42. The fraction of sp³-hybridized carbons (Fsp3) is 0.364. The molecule has 30 heavy (non-hydrogen) atoms. The van der Waals surface area contributed by atoms with E-state index < -0.39 is 5.97 Å². The number of ether oxygens (including phenoxy) is 5. The van der Waals surface area contributed by atoms with Crippen LogP contribution >= 0.6 is 0 Å². The van der Waals surface area contributed by atoms with Crippen molar-refractivity contribution in [2.75, 3.05) is 39.6 Å². The first-order valence-electron chi connectivity index (χ1n) is 9.87. The molecule has 8 heteroatoms. The molecular weight excluding hydrogens is 390 g/mol. The van der Waals surface area contributed by atoms with Crippen molar-refractivity contribution < 1.29 is 33.3 Å². The highest BCUT2D eigenvalue weighted by atomic mass is 16.6. The van der Waals surface area contributed by atoms with E-state index in [-0.39, 0.29) is 12.5 Å². The highest BCUT2D eigenvalue weighted by Gasteiger charge is 2.19. The third-order valence-electron chi connectivity index (χ3n) is 4.82. The predicted octanol–water partition coefficient (Wildman–Crippen LogP) is 2.43. The van der Waals surface area contributed by atoms with Crippen molar-refractivity contribution in [3.63, 3.8) is 0 Å². The third kappa shape index (κ3) is 4.42. The third-order valence-corrected chi connectivity index (χ3v) is 4.82. The molecule has 0 aromatic heterocycles. The number of benzene rings is 2. The van der Waals surface area contributed by atoms with Gasteiger partial charge in [0.15, 0.2) is 29.6 Å². The summed E-state index contributed by atoms with van der Waals surface area (Å²) in [6, 6.07) is 10.4. The van der Waals surface area contributed by atoms with Crippen LogP contribution in [0, 0.1) is 0 Å². The molecule has 0 unspecified atom stereocenters. The Morgan fingerprint density at radius 3 is 2.13 bits per heavy atom. The molecule has 0 saturated heterocycles. The van der Waals surface area contributed by atoms with Gasteiger partial charge in [-0.2, -0.15) is 0 Å². The molecule has 0 saturated carbocycles. The first kappa shape index (κ1) is 19.9. The first-order valence-corrected chi connectivity index (χ1v) is 9.87. The Bertz CT molecular complexity index is 943. The zero-order valence-corrected chi connectivity index (χ0v) is 16.7. The van der Waals surface area contributed by atoms with Crippen molar-refractivity contribution >= 4 is 11.9 Å². The first-order chi connectivity index (χ1) is 14.6. The number of esters is 1. The quantitative estimate of drug-likeness (QED) is 0.673. The van der Waals surface area contributed by atoms with Crippen molar-refractivity contribution in [2.45, 2.75) is 13.5 Å². The summed E-state index contributed by atoms with van der Waals surface area (Å²) in [5, 5.41) is 0. The van der Waals surface area contributed by atoms with Crippen LogP contribution in [0.4, 0.5) is 0 Å². The van der Waals surface area contributed by atoms with E-state index >= 15 is 0 Å². The lowest BCUT2D eigenvalue weighted by Crippen LogP contribution is -2.34. The van der Waals surface area contributed by atoms with Crippen molar-refractivity contribution in [2.24, 2.45) is 0 Å². The summed E-state index contributed by atoms with van der Waals surface area (Å²) in [6.07, 6.45) is 0. The largest absolute Gasteiger partial charge is 0.486 e. The minimum atomic E-state index is -0.587. The Labute approximate surface area is 174 Å². The monoisotopic (exact) mass is 413 g/mol. The molecule has 0 fully saturated rings. The molecule has 2 aromatic carbocycles. The standard InChI is InChI=1S/C22H23NO7/c1-2-23(13-15-3-5-17-19(11-15)28-9-7-26-17)21(24)14-30-22(25)16-4-6-18-20(12-16)29-10-8-27-18/h3-6,11-12H,2,7-10,13-14H2,1H3. The van der Waals surface area contributed by atoms with Gasteiger partial charge in [0.05, 0.1) is 5.56 Å². The second-order valence-corrected chi connectivity index (χ2v) is 6.82. The summed E-state index contributed by atoms with van der Waals surface area (Å²) in [6.45, 7) is 4.33. The molecule has 0 atom stereocenters. The Morgan fingerprint density at radius 2 is 1.47 bits per heavy atom. The fourth-order valence-corrected chi connectivity index (χ4v) is 3.26. The number of nitrogens with zero attached hydrogens (tertiary/aromatic N) is 1. The number of rotatable bonds is 6. The number of hydrogen-bond acceptors (Lipinski definition) is 7. The lowest BCUT2D eigenvalue weighted by Gasteiger charge is -2.23. The Kier molecular flexibility index (Phi) is 5.92. The molecule has 158 valence electrons. The maximum absolute atomic E-state index is 12.6. The van der Waals surface area contributed by atoms with Gasteiger partial charge in [0.2, 0.25) is 0 Å². The van der Waals surface area contributed by atoms with E-state index in [0.29, 0.717) is 68.1 Å². The number of fused-ring (bicyclic) bond motifs is 2. The van der Waals surface area contributed by atoms with Crippen molar-refractivity contribution in [3.05, 3.63) is 47.5 Å². The summed E-state index contributed by atoms with van der Waals surface area (Å²) in [4.78, 5) is 26.5. The van der Waals surface area contributed by atoms with Gasteiger partial charge >= 0.3 is 5.97 Å². The van der Waals surface area contributed by atoms with E-state index in [1.54, 1.807) is 23.1 Å². The lowest BCUT2D eigenvalue weighted by molar-refractivity contribution is -0.134. The molecule has 8 nitrogen and oxygen atoms in total. The molecular formula is C22H23NO7. The summed E-state index contributed by atoms with van der Waals surface area (Å²) in [7, 11) is 0. The normalized spacial score (nSPS) is 14.0. The fourth-order valence-electron chi connectivity index (χ4n) is 3.26. The maximum Gasteiger partial charge on any atom is 0.338 e. The summed E-state index contributed by atoms with van der Waals surface area (Å²) >= 11 is 0. The highest BCUT2D eigenvalue weighted by Crippen LogP contribution is 2.32. The number of carbonyl (C=O) groups is 2. The van der Waals surface area contributed by atoms with Gasteiger partial charge in [-0.05, 0) is 42.8 Å². The molecule has 0 bridgehead atoms. The number of likely N-dealkylation sites (N-methyl/N-ethyl adjacent to an activating group) is 1. The SMILES string of the molecule is CCN(Cc1ccc2c(c1)OCCO2)C(=O)COC(=O)c1ccc2c(c1)OCCO2. The molecule has 2 aromatic rings. The second-order valence-electron chi connectivity index (χ2n) is 6.82. The average Bonchev–Trinajstić information content (AvgIpc) is 2.80. The smallest absolute Gasteiger partial charge is 0.338 e. The molecule has 4 rings (SSSR count). The van der Waals surface area contributed by atoms with Gasteiger partial charge in [-0.1, -0.05) is 6.07 Å². The van der Waals surface area contributed by atoms with E-state index in [0.717, 1.165) is 5.56 Å². The van der Waals surface area contributed by atoms with Gasteiger partial charge in [-0.15, -0.1) is 0 Å².